The van der Waals surface area contributed by atoms with Crippen LogP contribution in [0.4, 0.5) is 0 Å². The highest BCUT2D eigenvalue weighted by Crippen LogP contribution is 1.98. The fourth-order valence-electron chi connectivity index (χ4n) is 0.653. The number of hydrogen-bond acceptors (Lipinski definition) is 3. The summed E-state index contributed by atoms with van der Waals surface area (Å²) in [6, 6.07) is 6.43. The van der Waals surface area contributed by atoms with E-state index in [1.54, 1.807) is 36.8 Å². The van der Waals surface area contributed by atoms with Gasteiger partial charge in [0.15, 0.2) is 0 Å². The van der Waals surface area contributed by atoms with Crippen molar-refractivity contribution in [3.63, 3.8) is 0 Å². The molecule has 14 heavy (non-hydrogen) atoms. The lowest BCUT2D eigenvalue weighted by Gasteiger charge is -1.88. The maximum atomic E-state index is 10.1. The number of hydrogen-bond donors (Lipinski definition) is 0. The molecular formula is C10H12O3S. The second kappa shape index (κ2) is 7.15. The lowest BCUT2D eigenvalue weighted by molar-refractivity contribution is 0.111. The van der Waals surface area contributed by atoms with Gasteiger partial charge in [0.1, 0.15) is 12.6 Å². The van der Waals surface area contributed by atoms with Gasteiger partial charge in [-0.2, -0.15) is 0 Å². The second-order valence-corrected chi connectivity index (χ2v) is 4.13. The minimum atomic E-state index is -0.611. The van der Waals surface area contributed by atoms with Gasteiger partial charge >= 0.3 is 0 Å². The highest BCUT2D eigenvalue weighted by atomic mass is 32.2. The first-order valence-corrected chi connectivity index (χ1v) is 5.82. The molecule has 0 spiro atoms. The molecule has 0 radical (unpaired) electrons. The minimum Gasteiger partial charge on any atom is -0.298 e. The predicted octanol–water partition coefficient (Wildman–Crippen LogP) is 1.31. The van der Waals surface area contributed by atoms with E-state index in [2.05, 4.69) is 0 Å². The lowest BCUT2D eigenvalue weighted by Crippen LogP contribution is -1.81. The highest BCUT2D eigenvalue weighted by Gasteiger charge is 1.88. The smallest absolute Gasteiger partial charge is 0.150 e. The molecular weight excluding hydrogens is 200 g/mol. The van der Waals surface area contributed by atoms with E-state index in [0.29, 0.717) is 11.1 Å². The Morgan fingerprint density at radius 1 is 0.929 bits per heavy atom. The van der Waals surface area contributed by atoms with Gasteiger partial charge in [0.2, 0.25) is 0 Å². The van der Waals surface area contributed by atoms with Gasteiger partial charge in [0.25, 0.3) is 0 Å². The SMILES string of the molecule is CS(C)=O.O=Cc1ccc(C=O)cc1. The van der Waals surface area contributed by atoms with Gasteiger partial charge in [0, 0.05) is 34.4 Å². The zero-order chi connectivity index (χ0) is 11.0. The largest absolute Gasteiger partial charge is 0.298 e. The molecule has 1 aromatic rings. The Labute approximate surface area is 85.6 Å². The molecule has 0 unspecified atom stereocenters. The molecule has 0 aliphatic rings. The van der Waals surface area contributed by atoms with E-state index in [1.165, 1.54) is 0 Å². The molecule has 0 saturated heterocycles. The first-order chi connectivity index (χ1) is 6.60. The van der Waals surface area contributed by atoms with E-state index in [-0.39, 0.29) is 0 Å². The second-order valence-electron chi connectivity index (χ2n) is 2.64. The van der Waals surface area contributed by atoms with Gasteiger partial charge in [0.05, 0.1) is 0 Å². The fourth-order valence-corrected chi connectivity index (χ4v) is 0.653. The molecule has 1 rings (SSSR count). The van der Waals surface area contributed by atoms with Crippen molar-refractivity contribution in [3.8, 4) is 0 Å². The van der Waals surface area contributed by atoms with E-state index >= 15 is 0 Å². The summed E-state index contributed by atoms with van der Waals surface area (Å²) < 4.78 is 9.56. The van der Waals surface area contributed by atoms with Crippen LogP contribution in [0.25, 0.3) is 0 Å². The van der Waals surface area contributed by atoms with Gasteiger partial charge in [-0.1, -0.05) is 24.3 Å². The molecule has 4 heteroatoms. The van der Waals surface area contributed by atoms with Crippen LogP contribution >= 0.6 is 0 Å². The summed E-state index contributed by atoms with van der Waals surface area (Å²) in [5.41, 5.74) is 1.18. The lowest BCUT2D eigenvalue weighted by atomic mass is 10.2. The van der Waals surface area contributed by atoms with Crippen molar-refractivity contribution in [2.24, 2.45) is 0 Å². The Morgan fingerprint density at radius 2 is 1.14 bits per heavy atom. The first-order valence-electron chi connectivity index (χ1n) is 3.85. The Kier molecular flexibility index (Phi) is 6.49. The Bertz CT molecular complexity index is 286. The molecule has 0 fully saturated rings. The number of aldehydes is 2. The Morgan fingerprint density at radius 3 is 1.29 bits per heavy atom. The van der Waals surface area contributed by atoms with Crippen LogP contribution in [0, 0.1) is 0 Å². The summed E-state index contributed by atoms with van der Waals surface area (Å²) in [5, 5.41) is 0. The maximum absolute atomic E-state index is 10.1. The minimum absolute atomic E-state index is 0.589. The van der Waals surface area contributed by atoms with E-state index < -0.39 is 10.8 Å². The Balaban J connectivity index is 0.000000364. The third-order valence-electron chi connectivity index (χ3n) is 1.21. The van der Waals surface area contributed by atoms with Crippen LogP contribution in [0.15, 0.2) is 24.3 Å². The van der Waals surface area contributed by atoms with Crippen molar-refractivity contribution >= 4 is 23.4 Å². The van der Waals surface area contributed by atoms with Crippen molar-refractivity contribution in [1.82, 2.24) is 0 Å². The molecule has 0 bridgehead atoms. The van der Waals surface area contributed by atoms with Gasteiger partial charge in [-0.25, -0.2) is 0 Å². The van der Waals surface area contributed by atoms with Crippen LogP contribution in [0.3, 0.4) is 0 Å². The third-order valence-corrected chi connectivity index (χ3v) is 1.21. The normalized spacial score (nSPS) is 8.79. The topological polar surface area (TPSA) is 51.2 Å². The van der Waals surface area contributed by atoms with Crippen molar-refractivity contribution in [2.75, 3.05) is 12.5 Å². The molecule has 0 amide bonds. The molecule has 1 aromatic carbocycles. The summed E-state index contributed by atoms with van der Waals surface area (Å²) in [5.74, 6) is 0. The third kappa shape index (κ3) is 6.25. The maximum Gasteiger partial charge on any atom is 0.150 e. The molecule has 3 nitrogen and oxygen atoms in total. The molecule has 76 valence electrons. The number of carbonyl (C=O) groups excluding carboxylic acids is 2. The molecule has 0 aliphatic carbocycles. The Hall–Kier alpha value is -1.29. The van der Waals surface area contributed by atoms with E-state index in [0.717, 1.165) is 12.6 Å². The number of rotatable bonds is 2. The molecule has 0 saturated carbocycles. The molecule has 0 aliphatic heterocycles. The summed E-state index contributed by atoms with van der Waals surface area (Å²) in [7, 11) is -0.611. The summed E-state index contributed by atoms with van der Waals surface area (Å²) in [6.07, 6.45) is 4.77. The first kappa shape index (κ1) is 12.7. The monoisotopic (exact) mass is 212 g/mol. The van der Waals surface area contributed by atoms with Gasteiger partial charge in [-0.3, -0.25) is 13.8 Å². The number of carbonyl (C=O) groups is 2. The standard InChI is InChI=1S/C8H6O2.C2H6OS/c9-5-7-1-2-8(6-10)4-3-7;1-4(2)3/h1-6H;1-2H3. The van der Waals surface area contributed by atoms with E-state index in [4.69, 9.17) is 0 Å². The van der Waals surface area contributed by atoms with Crippen LogP contribution in [0.2, 0.25) is 0 Å². The predicted molar refractivity (Wildman–Crippen MR) is 57.2 cm³/mol. The van der Waals surface area contributed by atoms with Crippen LogP contribution in [-0.2, 0) is 10.8 Å². The number of benzene rings is 1. The van der Waals surface area contributed by atoms with Gasteiger partial charge in [-0.15, -0.1) is 0 Å². The molecule has 0 aromatic heterocycles. The van der Waals surface area contributed by atoms with Crippen LogP contribution in [0.1, 0.15) is 20.7 Å². The van der Waals surface area contributed by atoms with E-state index in [1.807, 2.05) is 0 Å². The average Bonchev–Trinajstić information content (AvgIpc) is 2.17. The fraction of sp³-hybridized carbons (Fsp3) is 0.200. The zero-order valence-electron chi connectivity index (χ0n) is 8.10. The van der Waals surface area contributed by atoms with Crippen LogP contribution < -0.4 is 0 Å². The quantitative estimate of drug-likeness (QED) is 0.694. The van der Waals surface area contributed by atoms with Gasteiger partial charge in [-0.05, 0) is 0 Å². The molecule has 0 heterocycles. The zero-order valence-corrected chi connectivity index (χ0v) is 8.91. The van der Waals surface area contributed by atoms with Gasteiger partial charge < -0.3 is 0 Å². The molecule has 0 atom stereocenters. The summed E-state index contributed by atoms with van der Waals surface area (Å²) in [6.45, 7) is 0. The summed E-state index contributed by atoms with van der Waals surface area (Å²) in [4.78, 5) is 20.2. The summed E-state index contributed by atoms with van der Waals surface area (Å²) >= 11 is 0. The van der Waals surface area contributed by atoms with Crippen molar-refractivity contribution in [2.45, 2.75) is 0 Å². The van der Waals surface area contributed by atoms with Crippen LogP contribution in [-0.4, -0.2) is 29.3 Å². The van der Waals surface area contributed by atoms with Crippen molar-refractivity contribution < 1.29 is 13.8 Å². The molecule has 0 N–H and O–H groups in total. The van der Waals surface area contributed by atoms with Crippen LogP contribution in [0.5, 0.6) is 0 Å². The van der Waals surface area contributed by atoms with E-state index in [9.17, 15) is 13.8 Å². The van der Waals surface area contributed by atoms with Crippen molar-refractivity contribution in [3.05, 3.63) is 35.4 Å². The van der Waals surface area contributed by atoms with Crippen molar-refractivity contribution in [1.29, 1.82) is 0 Å². The average molecular weight is 212 g/mol. The highest BCUT2D eigenvalue weighted by molar-refractivity contribution is 7.83.